The molecule has 1 heteroatoms. The van der Waals surface area contributed by atoms with Crippen LogP contribution in [-0.4, -0.2) is 13.1 Å². The second kappa shape index (κ2) is 9.04. The lowest BCUT2D eigenvalue weighted by molar-refractivity contribution is 0.110. The Hall–Kier alpha value is -0.0400. The Balaban J connectivity index is 0.000000509. The van der Waals surface area contributed by atoms with Gasteiger partial charge in [-0.25, -0.2) is 0 Å². The van der Waals surface area contributed by atoms with Crippen molar-refractivity contribution in [1.82, 2.24) is 5.32 Å². The van der Waals surface area contributed by atoms with E-state index in [0.717, 1.165) is 11.3 Å². The second-order valence-electron chi connectivity index (χ2n) is 4.93. The van der Waals surface area contributed by atoms with E-state index in [0.29, 0.717) is 0 Å². The largest absolute Gasteiger partial charge is 0.317 e. The molecule has 98 valence electrons. The van der Waals surface area contributed by atoms with E-state index in [1.807, 2.05) is 27.7 Å². The second-order valence-corrected chi connectivity index (χ2v) is 4.93. The van der Waals surface area contributed by atoms with Gasteiger partial charge in [-0.1, -0.05) is 47.5 Å². The van der Waals surface area contributed by atoms with Gasteiger partial charge in [-0.2, -0.15) is 0 Å². The van der Waals surface area contributed by atoms with E-state index < -0.39 is 0 Å². The molecule has 1 heterocycles. The molecule has 0 aromatic heterocycles. The smallest absolute Gasteiger partial charge is 0.00436 e. The molecule has 0 aromatic rings. The molecule has 1 saturated carbocycles. The number of hydrogen-bond acceptors (Lipinski definition) is 1. The van der Waals surface area contributed by atoms with Gasteiger partial charge in [-0.15, -0.1) is 0 Å². The predicted molar refractivity (Wildman–Crippen MR) is 74.9 cm³/mol. The van der Waals surface area contributed by atoms with Crippen LogP contribution in [0.2, 0.25) is 0 Å². The summed E-state index contributed by atoms with van der Waals surface area (Å²) in [4.78, 5) is 0. The summed E-state index contributed by atoms with van der Waals surface area (Å²) in [5.41, 5.74) is 0.776. The molecule has 1 saturated heterocycles. The summed E-state index contributed by atoms with van der Waals surface area (Å²) in [6.45, 7) is 13.0. The number of nitrogens with one attached hydrogen (secondary N) is 1. The molecule has 1 aliphatic carbocycles. The molecule has 2 aliphatic rings. The normalized spacial score (nSPS) is 23.8. The van der Waals surface area contributed by atoms with Gasteiger partial charge in [0.1, 0.15) is 0 Å². The van der Waals surface area contributed by atoms with Crippen LogP contribution in [-0.2, 0) is 0 Å². The predicted octanol–water partition coefficient (Wildman–Crippen LogP) is 4.62. The first-order valence-electron chi connectivity index (χ1n) is 7.52. The summed E-state index contributed by atoms with van der Waals surface area (Å²) in [5, 5.41) is 3.47. The van der Waals surface area contributed by atoms with Crippen LogP contribution in [0, 0.1) is 11.3 Å². The third-order valence-corrected chi connectivity index (χ3v) is 4.00. The van der Waals surface area contributed by atoms with E-state index in [1.54, 1.807) is 0 Å². The minimum atomic E-state index is 0.776. The fourth-order valence-electron chi connectivity index (χ4n) is 2.83. The molecule has 0 amide bonds. The lowest BCUT2D eigenvalue weighted by Crippen LogP contribution is -2.38. The maximum atomic E-state index is 3.47. The molecule has 0 aromatic carbocycles. The van der Waals surface area contributed by atoms with E-state index >= 15 is 0 Å². The van der Waals surface area contributed by atoms with Gasteiger partial charge in [0.2, 0.25) is 0 Å². The molecular weight excluding hydrogens is 194 g/mol. The molecule has 0 radical (unpaired) electrons. The van der Waals surface area contributed by atoms with E-state index in [4.69, 9.17) is 0 Å². The number of rotatable bonds is 0. The highest BCUT2D eigenvalue weighted by Gasteiger charge is 2.34. The quantitative estimate of drug-likeness (QED) is 0.637. The molecule has 1 N–H and O–H groups in total. The van der Waals surface area contributed by atoms with Crippen molar-refractivity contribution in [3.63, 3.8) is 0 Å². The van der Waals surface area contributed by atoms with Crippen LogP contribution >= 0.6 is 0 Å². The molecule has 0 bridgehead atoms. The van der Waals surface area contributed by atoms with Crippen molar-refractivity contribution < 1.29 is 0 Å². The van der Waals surface area contributed by atoms with Crippen LogP contribution in [0.5, 0.6) is 0 Å². The Morgan fingerprint density at radius 1 is 0.812 bits per heavy atom. The van der Waals surface area contributed by atoms with Gasteiger partial charge in [0.25, 0.3) is 0 Å². The average Bonchev–Trinajstić information content (AvgIpc) is 2.39. The zero-order valence-electron chi connectivity index (χ0n) is 12.2. The molecule has 1 aliphatic heterocycles. The topological polar surface area (TPSA) is 12.0 Å². The average molecular weight is 227 g/mol. The number of hydrogen-bond donors (Lipinski definition) is 1. The van der Waals surface area contributed by atoms with Gasteiger partial charge in [-0.05, 0) is 50.1 Å². The van der Waals surface area contributed by atoms with Crippen molar-refractivity contribution in [1.29, 1.82) is 0 Å². The third kappa shape index (κ3) is 4.86. The van der Waals surface area contributed by atoms with Gasteiger partial charge >= 0.3 is 0 Å². The Morgan fingerprint density at radius 3 is 1.69 bits per heavy atom. The van der Waals surface area contributed by atoms with E-state index in [2.05, 4.69) is 12.2 Å². The van der Waals surface area contributed by atoms with Crippen molar-refractivity contribution in [2.45, 2.75) is 73.1 Å². The van der Waals surface area contributed by atoms with Crippen LogP contribution in [0.25, 0.3) is 0 Å². The zero-order chi connectivity index (χ0) is 12.4. The van der Waals surface area contributed by atoms with Crippen molar-refractivity contribution in [2.75, 3.05) is 13.1 Å². The van der Waals surface area contributed by atoms with Crippen LogP contribution < -0.4 is 5.32 Å². The minimum Gasteiger partial charge on any atom is -0.317 e. The highest BCUT2D eigenvalue weighted by molar-refractivity contribution is 4.88. The van der Waals surface area contributed by atoms with Gasteiger partial charge in [-0.3, -0.25) is 0 Å². The monoisotopic (exact) mass is 227 g/mol. The summed E-state index contributed by atoms with van der Waals surface area (Å²) in [7, 11) is 0. The van der Waals surface area contributed by atoms with Crippen molar-refractivity contribution >= 4 is 0 Å². The van der Waals surface area contributed by atoms with Crippen LogP contribution in [0.1, 0.15) is 73.1 Å². The molecule has 1 nitrogen and oxygen atoms in total. The molecule has 0 unspecified atom stereocenters. The Morgan fingerprint density at radius 2 is 1.25 bits per heavy atom. The van der Waals surface area contributed by atoms with Gasteiger partial charge in [0.15, 0.2) is 0 Å². The van der Waals surface area contributed by atoms with E-state index in [9.17, 15) is 0 Å². The number of piperidine rings is 1. The van der Waals surface area contributed by atoms with Gasteiger partial charge in [0, 0.05) is 0 Å². The van der Waals surface area contributed by atoms with Crippen molar-refractivity contribution in [2.24, 2.45) is 11.3 Å². The lowest BCUT2D eigenvalue weighted by atomic mass is 9.66. The summed E-state index contributed by atoms with van der Waals surface area (Å²) in [6, 6.07) is 0. The first-order chi connectivity index (χ1) is 7.81. The summed E-state index contributed by atoms with van der Waals surface area (Å²) >= 11 is 0. The van der Waals surface area contributed by atoms with Crippen LogP contribution in [0.15, 0.2) is 0 Å². The SMILES string of the molecule is CC.CC.CC1CCC2(CCNCC2)CC1. The highest BCUT2D eigenvalue weighted by Crippen LogP contribution is 2.44. The van der Waals surface area contributed by atoms with Crippen LogP contribution in [0.4, 0.5) is 0 Å². The van der Waals surface area contributed by atoms with Crippen LogP contribution in [0.3, 0.4) is 0 Å². The molecule has 16 heavy (non-hydrogen) atoms. The molecule has 0 atom stereocenters. The summed E-state index contributed by atoms with van der Waals surface area (Å²) < 4.78 is 0. The molecule has 1 spiro atoms. The first kappa shape index (κ1) is 16.0. The Bertz CT molecular complexity index is 138. The fraction of sp³-hybridized carbons (Fsp3) is 1.00. The Labute approximate surface area is 103 Å². The summed E-state index contributed by atoms with van der Waals surface area (Å²) in [5.74, 6) is 1.01. The Kier molecular flexibility index (Phi) is 9.02. The highest BCUT2D eigenvalue weighted by atomic mass is 14.9. The maximum absolute atomic E-state index is 3.47. The van der Waals surface area contributed by atoms with E-state index in [1.165, 1.54) is 51.6 Å². The third-order valence-electron chi connectivity index (χ3n) is 4.00. The van der Waals surface area contributed by atoms with Gasteiger partial charge < -0.3 is 5.32 Å². The van der Waals surface area contributed by atoms with E-state index in [-0.39, 0.29) is 0 Å². The summed E-state index contributed by atoms with van der Waals surface area (Å²) in [6.07, 6.45) is 8.88. The molecule has 2 rings (SSSR count). The molecular formula is C15H33N. The van der Waals surface area contributed by atoms with Crippen molar-refractivity contribution in [3.8, 4) is 0 Å². The lowest BCUT2D eigenvalue weighted by Gasteiger charge is -2.42. The maximum Gasteiger partial charge on any atom is -0.00436 e. The first-order valence-corrected chi connectivity index (χ1v) is 7.52. The zero-order valence-corrected chi connectivity index (χ0v) is 12.2. The minimum absolute atomic E-state index is 0.776. The standard InChI is InChI=1S/C11H21N.2C2H6/c1-10-2-4-11(5-3-10)6-8-12-9-7-11;2*1-2/h10,12H,2-9H2,1H3;2*1-2H3. The molecule has 2 fully saturated rings. The van der Waals surface area contributed by atoms with Crippen molar-refractivity contribution in [3.05, 3.63) is 0 Å². The van der Waals surface area contributed by atoms with Gasteiger partial charge in [0.05, 0.1) is 0 Å². The fourth-order valence-corrected chi connectivity index (χ4v) is 2.83.